The lowest BCUT2D eigenvalue weighted by Gasteiger charge is -2.04. The quantitative estimate of drug-likeness (QED) is 0.501. The van der Waals surface area contributed by atoms with Gasteiger partial charge in [-0.25, -0.2) is 13.4 Å². The number of pyridine rings is 1. The van der Waals surface area contributed by atoms with Gasteiger partial charge in [0.05, 0.1) is 16.8 Å². The molecule has 0 aliphatic carbocycles. The second kappa shape index (κ2) is 7.81. The lowest BCUT2D eigenvalue weighted by Crippen LogP contribution is -2.12. The summed E-state index contributed by atoms with van der Waals surface area (Å²) in [6.07, 6.45) is 4.09. The fourth-order valence-electron chi connectivity index (χ4n) is 2.84. The largest absolute Gasteiger partial charge is 0.355 e. The van der Waals surface area contributed by atoms with Gasteiger partial charge in [-0.15, -0.1) is 11.3 Å². The summed E-state index contributed by atoms with van der Waals surface area (Å²) in [6.45, 7) is 1.94. The molecule has 0 atom stereocenters. The molecule has 0 fully saturated rings. The fraction of sp³-hybridized carbons (Fsp3) is 0.100. The highest BCUT2D eigenvalue weighted by atomic mass is 32.2. The molecule has 0 bridgehead atoms. The van der Waals surface area contributed by atoms with Gasteiger partial charge in [-0.1, -0.05) is 23.4 Å². The van der Waals surface area contributed by atoms with E-state index in [0.717, 1.165) is 17.5 Å². The average Bonchev–Trinajstić information content (AvgIpc) is 3.37. The molecule has 0 spiro atoms. The van der Waals surface area contributed by atoms with Crippen molar-refractivity contribution in [3.8, 4) is 22.7 Å². The summed E-state index contributed by atoms with van der Waals surface area (Å²) < 4.78 is 28.9. The molecule has 30 heavy (non-hydrogen) atoms. The number of carbonyl (C=O) groups is 1. The Bertz CT molecular complexity index is 1340. The van der Waals surface area contributed by atoms with Crippen molar-refractivity contribution >= 4 is 32.2 Å². The maximum atomic E-state index is 12.8. The zero-order chi connectivity index (χ0) is 21.3. The van der Waals surface area contributed by atoms with Gasteiger partial charge in [0.15, 0.2) is 20.7 Å². The number of benzene rings is 1. The first kappa shape index (κ1) is 19.9. The van der Waals surface area contributed by atoms with E-state index in [0.29, 0.717) is 16.4 Å². The number of aryl methyl sites for hydroxylation is 1. The molecule has 0 unspecified atom stereocenters. The summed E-state index contributed by atoms with van der Waals surface area (Å²) in [5.74, 6) is -0.287. The van der Waals surface area contributed by atoms with Crippen molar-refractivity contribution in [3.63, 3.8) is 0 Å². The summed E-state index contributed by atoms with van der Waals surface area (Å²) in [6, 6.07) is 9.94. The minimum Gasteiger partial charge on any atom is -0.355 e. The fourth-order valence-corrected chi connectivity index (χ4v) is 4.19. The van der Waals surface area contributed by atoms with Crippen LogP contribution in [0.5, 0.6) is 0 Å². The Morgan fingerprint density at radius 3 is 2.80 bits per heavy atom. The van der Waals surface area contributed by atoms with E-state index in [1.807, 2.05) is 24.4 Å². The van der Waals surface area contributed by atoms with Crippen molar-refractivity contribution in [2.24, 2.45) is 0 Å². The topological polar surface area (TPSA) is 115 Å². The lowest BCUT2D eigenvalue weighted by molar-refractivity contribution is 0.102. The number of nitrogens with one attached hydrogen (secondary N) is 1. The first-order chi connectivity index (χ1) is 14.3. The standard InChI is InChI=1S/C20H16N4O4S2/c1-12-5-4-8-21-17(12)16-11-29-20(23-16)24-19(25)15-10-22-28-18(15)13-6-3-7-14(9-13)30(2,26)27/h3-11H,1-2H3,(H,23,24,25). The summed E-state index contributed by atoms with van der Waals surface area (Å²) in [5, 5.41) is 8.65. The molecule has 3 heterocycles. The maximum absolute atomic E-state index is 12.8. The molecule has 0 aliphatic rings. The second-order valence-electron chi connectivity index (χ2n) is 6.53. The molecule has 0 aliphatic heterocycles. The van der Waals surface area contributed by atoms with E-state index in [9.17, 15) is 13.2 Å². The molecule has 1 N–H and O–H groups in total. The Hall–Kier alpha value is -3.37. The number of sulfone groups is 1. The minimum absolute atomic E-state index is 0.123. The molecule has 10 heteroatoms. The number of nitrogens with zero attached hydrogens (tertiary/aromatic N) is 3. The number of amides is 1. The van der Waals surface area contributed by atoms with Gasteiger partial charge in [0.2, 0.25) is 0 Å². The van der Waals surface area contributed by atoms with E-state index in [1.165, 1.54) is 29.7 Å². The maximum Gasteiger partial charge on any atom is 0.263 e. The predicted octanol–water partition coefficient (Wildman–Crippen LogP) is 3.82. The van der Waals surface area contributed by atoms with Crippen LogP contribution in [0, 0.1) is 6.92 Å². The van der Waals surface area contributed by atoms with E-state index in [-0.39, 0.29) is 16.2 Å². The van der Waals surface area contributed by atoms with Crippen molar-refractivity contribution in [1.82, 2.24) is 15.1 Å². The van der Waals surface area contributed by atoms with Gasteiger partial charge in [-0.3, -0.25) is 15.1 Å². The summed E-state index contributed by atoms with van der Waals surface area (Å²) in [5.41, 5.74) is 3.00. The van der Waals surface area contributed by atoms with Crippen LogP contribution < -0.4 is 5.32 Å². The van der Waals surface area contributed by atoms with Crippen LogP contribution in [0.3, 0.4) is 0 Å². The van der Waals surface area contributed by atoms with E-state index >= 15 is 0 Å². The van der Waals surface area contributed by atoms with Crippen LogP contribution in [-0.4, -0.2) is 35.7 Å². The number of carbonyl (C=O) groups excluding carboxylic acids is 1. The first-order valence-electron chi connectivity index (χ1n) is 8.77. The number of aromatic nitrogens is 3. The third-order valence-electron chi connectivity index (χ3n) is 4.32. The molecule has 0 radical (unpaired) electrons. The third-order valence-corrected chi connectivity index (χ3v) is 6.18. The zero-order valence-corrected chi connectivity index (χ0v) is 17.6. The number of hydrogen-bond donors (Lipinski definition) is 1. The Kier molecular flexibility index (Phi) is 5.18. The number of rotatable bonds is 5. The second-order valence-corrected chi connectivity index (χ2v) is 9.40. The van der Waals surface area contributed by atoms with Crippen LogP contribution in [-0.2, 0) is 9.84 Å². The molecule has 3 aromatic heterocycles. The van der Waals surface area contributed by atoms with Crippen molar-refractivity contribution < 1.29 is 17.7 Å². The highest BCUT2D eigenvalue weighted by molar-refractivity contribution is 7.90. The molecule has 152 valence electrons. The monoisotopic (exact) mass is 440 g/mol. The van der Waals surface area contributed by atoms with Crippen LogP contribution in [0.25, 0.3) is 22.7 Å². The molecule has 4 rings (SSSR count). The average molecular weight is 441 g/mol. The Balaban J connectivity index is 1.60. The Labute approximate surface area is 176 Å². The Morgan fingerprint density at radius 2 is 2.03 bits per heavy atom. The first-order valence-corrected chi connectivity index (χ1v) is 11.5. The van der Waals surface area contributed by atoms with Gasteiger partial charge < -0.3 is 4.52 Å². The van der Waals surface area contributed by atoms with E-state index in [2.05, 4.69) is 20.4 Å². The van der Waals surface area contributed by atoms with Crippen molar-refractivity contribution in [3.05, 3.63) is 65.3 Å². The van der Waals surface area contributed by atoms with E-state index in [4.69, 9.17) is 4.52 Å². The highest BCUT2D eigenvalue weighted by Gasteiger charge is 2.20. The van der Waals surface area contributed by atoms with Gasteiger partial charge in [0.1, 0.15) is 11.3 Å². The van der Waals surface area contributed by atoms with E-state index in [1.54, 1.807) is 18.3 Å². The van der Waals surface area contributed by atoms with Crippen molar-refractivity contribution in [1.29, 1.82) is 0 Å². The molecule has 1 aromatic carbocycles. The summed E-state index contributed by atoms with van der Waals surface area (Å²) >= 11 is 1.27. The summed E-state index contributed by atoms with van der Waals surface area (Å²) in [7, 11) is -3.40. The van der Waals surface area contributed by atoms with Crippen molar-refractivity contribution in [2.45, 2.75) is 11.8 Å². The number of hydrogen-bond acceptors (Lipinski definition) is 8. The minimum atomic E-state index is -3.40. The van der Waals surface area contributed by atoms with E-state index < -0.39 is 15.7 Å². The molecule has 4 aromatic rings. The lowest BCUT2D eigenvalue weighted by atomic mass is 10.1. The van der Waals surface area contributed by atoms with Crippen LogP contribution in [0.1, 0.15) is 15.9 Å². The molecule has 0 saturated carbocycles. The van der Waals surface area contributed by atoms with Crippen molar-refractivity contribution in [2.75, 3.05) is 11.6 Å². The molecular weight excluding hydrogens is 424 g/mol. The normalized spacial score (nSPS) is 11.4. The van der Waals surface area contributed by atoms with Gasteiger partial charge in [0, 0.05) is 23.4 Å². The van der Waals surface area contributed by atoms with Gasteiger partial charge in [-0.2, -0.15) is 0 Å². The predicted molar refractivity (Wildman–Crippen MR) is 113 cm³/mol. The van der Waals surface area contributed by atoms with Crippen LogP contribution in [0.2, 0.25) is 0 Å². The molecule has 0 saturated heterocycles. The molecule has 8 nitrogen and oxygen atoms in total. The molecular formula is C20H16N4O4S2. The Morgan fingerprint density at radius 1 is 1.20 bits per heavy atom. The van der Waals surface area contributed by atoms with Gasteiger partial charge in [0.25, 0.3) is 5.91 Å². The number of thiazole rings is 1. The third kappa shape index (κ3) is 4.00. The molecule has 1 amide bonds. The summed E-state index contributed by atoms with van der Waals surface area (Å²) in [4.78, 5) is 21.7. The SMILES string of the molecule is Cc1cccnc1-c1csc(NC(=O)c2cnoc2-c2cccc(S(C)(=O)=O)c2)n1. The van der Waals surface area contributed by atoms with Crippen LogP contribution in [0.15, 0.2) is 63.6 Å². The van der Waals surface area contributed by atoms with Crippen LogP contribution in [0.4, 0.5) is 5.13 Å². The number of anilines is 1. The smallest absolute Gasteiger partial charge is 0.263 e. The van der Waals surface area contributed by atoms with Crippen LogP contribution >= 0.6 is 11.3 Å². The van der Waals surface area contributed by atoms with Gasteiger partial charge >= 0.3 is 0 Å². The highest BCUT2D eigenvalue weighted by Crippen LogP contribution is 2.29. The van der Waals surface area contributed by atoms with Gasteiger partial charge in [-0.05, 0) is 30.7 Å². The zero-order valence-electron chi connectivity index (χ0n) is 16.0.